The predicted octanol–water partition coefficient (Wildman–Crippen LogP) is 1.99. The van der Waals surface area contributed by atoms with Gasteiger partial charge < -0.3 is 10.1 Å². The van der Waals surface area contributed by atoms with Crippen molar-refractivity contribution in [1.82, 2.24) is 4.98 Å². The van der Waals surface area contributed by atoms with Crippen LogP contribution in [-0.2, 0) is 10.2 Å². The molecule has 2 rings (SSSR count). The van der Waals surface area contributed by atoms with Crippen molar-refractivity contribution in [3.63, 3.8) is 0 Å². The van der Waals surface area contributed by atoms with Crippen LogP contribution < -0.4 is 0 Å². The maximum Gasteiger partial charge on any atom is 0.320 e. The summed E-state index contributed by atoms with van der Waals surface area (Å²) in [5, 5.41) is 8.93. The van der Waals surface area contributed by atoms with Gasteiger partial charge in [0.1, 0.15) is 0 Å². The molecule has 0 saturated heterocycles. The molecule has 1 aromatic rings. The number of aromatic amines is 1. The van der Waals surface area contributed by atoms with E-state index in [0.29, 0.717) is 11.4 Å². The number of H-pyrrole nitrogens is 1. The molecule has 5 heteroatoms. The molecule has 2 N–H and O–H groups in total. The quantitative estimate of drug-likeness (QED) is 0.792. The number of hydrogen-bond donors (Lipinski definition) is 2. The second kappa shape index (κ2) is 2.59. The highest BCUT2D eigenvalue weighted by molar-refractivity contribution is 5.88. The third kappa shape index (κ3) is 1.12. The lowest BCUT2D eigenvalue weighted by atomic mass is 9.95. The van der Waals surface area contributed by atoms with Crippen molar-refractivity contribution in [1.29, 1.82) is 0 Å². The second-order valence-corrected chi connectivity index (χ2v) is 4.08. The highest BCUT2D eigenvalue weighted by Crippen LogP contribution is 2.62. The topological polar surface area (TPSA) is 53.1 Å². The molecule has 0 aromatic carbocycles. The number of aromatic nitrogens is 1. The van der Waals surface area contributed by atoms with Gasteiger partial charge >= 0.3 is 5.97 Å². The Bertz CT molecular complexity index is 439. The zero-order valence-electron chi connectivity index (χ0n) is 8.40. The molecule has 3 nitrogen and oxygen atoms in total. The largest absolute Gasteiger partial charge is 0.480 e. The molecule has 82 valence electrons. The summed E-state index contributed by atoms with van der Waals surface area (Å²) in [5.74, 6) is -4.58. The van der Waals surface area contributed by atoms with Crippen LogP contribution in [0.1, 0.15) is 23.4 Å². The van der Waals surface area contributed by atoms with Crippen molar-refractivity contribution < 1.29 is 18.7 Å². The van der Waals surface area contributed by atoms with E-state index in [1.807, 2.05) is 0 Å². The lowest BCUT2D eigenvalue weighted by Crippen LogP contribution is -2.27. The molecule has 1 saturated carbocycles. The first-order valence-corrected chi connectivity index (χ1v) is 4.59. The maximum absolute atomic E-state index is 13.2. The van der Waals surface area contributed by atoms with E-state index in [0.717, 1.165) is 0 Å². The highest BCUT2D eigenvalue weighted by Gasteiger charge is 2.77. The molecule has 0 radical (unpaired) electrons. The van der Waals surface area contributed by atoms with E-state index in [-0.39, 0.29) is 5.56 Å². The van der Waals surface area contributed by atoms with E-state index in [1.54, 1.807) is 13.8 Å². The number of aliphatic carboxylic acids is 1. The summed E-state index contributed by atoms with van der Waals surface area (Å²) >= 11 is 0. The van der Waals surface area contributed by atoms with E-state index >= 15 is 0 Å². The number of carbonyl (C=O) groups is 1. The van der Waals surface area contributed by atoms with Gasteiger partial charge in [-0.25, -0.2) is 8.78 Å². The van der Waals surface area contributed by atoms with Crippen LogP contribution in [-0.4, -0.2) is 22.0 Å². The lowest BCUT2D eigenvalue weighted by Gasteiger charge is -2.10. The van der Waals surface area contributed by atoms with Gasteiger partial charge in [0.15, 0.2) is 5.41 Å². The third-order valence-electron chi connectivity index (χ3n) is 2.96. The molecule has 1 fully saturated rings. The lowest BCUT2D eigenvalue weighted by molar-refractivity contribution is -0.143. The van der Waals surface area contributed by atoms with Crippen LogP contribution in [0.5, 0.6) is 0 Å². The van der Waals surface area contributed by atoms with Crippen molar-refractivity contribution in [3.05, 3.63) is 23.0 Å². The van der Waals surface area contributed by atoms with Crippen LogP contribution in [0.25, 0.3) is 0 Å². The Balaban J connectivity index is 2.54. The Morgan fingerprint density at radius 1 is 1.53 bits per heavy atom. The molecular formula is C10H11F2NO2. The van der Waals surface area contributed by atoms with Gasteiger partial charge in [-0.15, -0.1) is 0 Å². The van der Waals surface area contributed by atoms with Gasteiger partial charge in [0, 0.05) is 17.8 Å². The van der Waals surface area contributed by atoms with Crippen molar-refractivity contribution in [2.24, 2.45) is 0 Å². The van der Waals surface area contributed by atoms with Gasteiger partial charge in [0.25, 0.3) is 5.92 Å². The fraction of sp³-hybridized carbons (Fsp3) is 0.500. The summed E-state index contributed by atoms with van der Waals surface area (Å²) in [6, 6.07) is 1.49. The van der Waals surface area contributed by atoms with Gasteiger partial charge in [-0.2, -0.15) is 0 Å². The molecule has 1 aliphatic rings. The normalized spacial score (nSPS) is 27.7. The summed E-state index contributed by atoms with van der Waals surface area (Å²) in [7, 11) is 0. The molecule has 0 spiro atoms. The molecule has 1 atom stereocenters. The van der Waals surface area contributed by atoms with E-state index in [9.17, 15) is 13.6 Å². The minimum Gasteiger partial charge on any atom is -0.480 e. The number of carboxylic acid groups (broad SMARTS) is 1. The monoisotopic (exact) mass is 215 g/mol. The molecular weight excluding hydrogens is 204 g/mol. The number of aryl methyl sites for hydroxylation is 2. The summed E-state index contributed by atoms with van der Waals surface area (Å²) < 4.78 is 26.4. The minimum absolute atomic E-state index is 0.206. The zero-order valence-corrected chi connectivity index (χ0v) is 8.40. The molecule has 0 bridgehead atoms. The SMILES string of the molecule is Cc1cc(C2(C(=O)O)CC2(F)F)c(C)[nH]1. The number of carboxylic acids is 1. The Labute approximate surface area is 85.1 Å². The van der Waals surface area contributed by atoms with E-state index < -0.39 is 23.7 Å². The van der Waals surface area contributed by atoms with Crippen LogP contribution in [0.2, 0.25) is 0 Å². The van der Waals surface area contributed by atoms with Crippen LogP contribution in [0, 0.1) is 13.8 Å². The number of halogens is 2. The standard InChI is InChI=1S/C10H11F2NO2/c1-5-3-7(6(2)13-5)9(8(14)15)4-10(9,11)12/h3,13H,4H2,1-2H3,(H,14,15). The molecule has 1 aromatic heterocycles. The fourth-order valence-electron chi connectivity index (χ4n) is 2.10. The van der Waals surface area contributed by atoms with Gasteiger partial charge in [-0.3, -0.25) is 4.79 Å². The number of hydrogen-bond acceptors (Lipinski definition) is 1. The van der Waals surface area contributed by atoms with Crippen LogP contribution in [0.4, 0.5) is 8.78 Å². The predicted molar refractivity (Wildman–Crippen MR) is 49.1 cm³/mol. The van der Waals surface area contributed by atoms with Crippen molar-refractivity contribution >= 4 is 5.97 Å². The van der Waals surface area contributed by atoms with Crippen molar-refractivity contribution in [2.75, 3.05) is 0 Å². The average Bonchev–Trinajstić information content (AvgIpc) is 2.50. The first-order valence-electron chi connectivity index (χ1n) is 4.59. The van der Waals surface area contributed by atoms with Gasteiger partial charge in [0.2, 0.25) is 0 Å². The fourth-order valence-corrected chi connectivity index (χ4v) is 2.10. The smallest absolute Gasteiger partial charge is 0.320 e. The highest BCUT2D eigenvalue weighted by atomic mass is 19.3. The Hall–Kier alpha value is -1.39. The molecule has 1 heterocycles. The summed E-state index contributed by atoms with van der Waals surface area (Å²) in [5.41, 5.74) is -0.586. The van der Waals surface area contributed by atoms with Crippen molar-refractivity contribution in [3.8, 4) is 0 Å². The average molecular weight is 215 g/mol. The van der Waals surface area contributed by atoms with E-state index in [4.69, 9.17) is 5.11 Å². The van der Waals surface area contributed by atoms with Gasteiger partial charge in [-0.1, -0.05) is 0 Å². The molecule has 0 amide bonds. The number of alkyl halides is 2. The molecule has 15 heavy (non-hydrogen) atoms. The summed E-state index contributed by atoms with van der Waals surface area (Å²) in [4.78, 5) is 13.8. The maximum atomic E-state index is 13.2. The van der Waals surface area contributed by atoms with Crippen LogP contribution >= 0.6 is 0 Å². The third-order valence-corrected chi connectivity index (χ3v) is 2.96. The Morgan fingerprint density at radius 3 is 2.33 bits per heavy atom. The molecule has 0 aliphatic heterocycles. The Morgan fingerprint density at radius 2 is 2.07 bits per heavy atom. The number of nitrogens with one attached hydrogen (secondary N) is 1. The van der Waals surface area contributed by atoms with Gasteiger partial charge in [-0.05, 0) is 25.5 Å². The van der Waals surface area contributed by atoms with E-state index in [1.165, 1.54) is 6.07 Å². The number of rotatable bonds is 2. The second-order valence-electron chi connectivity index (χ2n) is 4.08. The first kappa shape index (κ1) is 10.1. The van der Waals surface area contributed by atoms with Crippen LogP contribution in [0.15, 0.2) is 6.07 Å². The summed E-state index contributed by atoms with van der Waals surface area (Å²) in [6.07, 6.45) is -0.604. The minimum atomic E-state index is -3.13. The van der Waals surface area contributed by atoms with Crippen LogP contribution in [0.3, 0.4) is 0 Å². The Kier molecular flexibility index (Phi) is 1.75. The van der Waals surface area contributed by atoms with Crippen molar-refractivity contribution in [2.45, 2.75) is 31.6 Å². The molecule has 1 unspecified atom stereocenters. The summed E-state index contributed by atoms with van der Waals surface area (Å²) in [6.45, 7) is 3.33. The molecule has 1 aliphatic carbocycles. The zero-order chi connectivity index (χ0) is 11.4. The first-order chi connectivity index (χ1) is 6.81. The van der Waals surface area contributed by atoms with E-state index in [2.05, 4.69) is 4.98 Å². The van der Waals surface area contributed by atoms with Gasteiger partial charge in [0.05, 0.1) is 0 Å².